The first-order valence-electron chi connectivity index (χ1n) is 5.67. The third kappa shape index (κ3) is 4.08. The molecule has 0 aliphatic carbocycles. The van der Waals surface area contributed by atoms with Gasteiger partial charge in [-0.2, -0.15) is 0 Å². The molecule has 0 radical (unpaired) electrons. The van der Waals surface area contributed by atoms with Crippen LogP contribution in [0.2, 0.25) is 5.15 Å². The zero-order valence-electron chi connectivity index (χ0n) is 9.78. The highest BCUT2D eigenvalue weighted by atomic mass is 35.5. The van der Waals surface area contributed by atoms with Crippen LogP contribution >= 0.6 is 11.6 Å². The van der Waals surface area contributed by atoms with Crippen molar-refractivity contribution in [3.8, 4) is 0 Å². The Hall–Kier alpha value is -0.640. The van der Waals surface area contributed by atoms with Gasteiger partial charge in [-0.3, -0.25) is 0 Å². The minimum atomic E-state index is -0.218. The summed E-state index contributed by atoms with van der Waals surface area (Å²) in [4.78, 5) is 4.04. The molecular weight excluding hydrogens is 224 g/mol. The van der Waals surface area contributed by atoms with Gasteiger partial charge >= 0.3 is 0 Å². The van der Waals surface area contributed by atoms with E-state index < -0.39 is 0 Å². The molecule has 0 spiro atoms. The minimum Gasteiger partial charge on any atom is -0.393 e. The molecule has 0 saturated carbocycles. The van der Waals surface area contributed by atoms with Gasteiger partial charge in [0.1, 0.15) is 5.15 Å². The van der Waals surface area contributed by atoms with Gasteiger partial charge in [0.05, 0.1) is 6.10 Å². The van der Waals surface area contributed by atoms with Crippen molar-refractivity contribution in [1.82, 2.24) is 10.3 Å². The van der Waals surface area contributed by atoms with Gasteiger partial charge in [0.15, 0.2) is 0 Å². The van der Waals surface area contributed by atoms with Crippen LogP contribution in [0.4, 0.5) is 0 Å². The van der Waals surface area contributed by atoms with Gasteiger partial charge in [-0.1, -0.05) is 24.6 Å². The second-order valence-electron chi connectivity index (χ2n) is 3.91. The largest absolute Gasteiger partial charge is 0.393 e. The van der Waals surface area contributed by atoms with Crippen molar-refractivity contribution in [2.24, 2.45) is 0 Å². The fraction of sp³-hybridized carbons (Fsp3) is 0.583. The summed E-state index contributed by atoms with van der Waals surface area (Å²) in [5.41, 5.74) is 0.996. The normalized spacial score (nSPS) is 14.8. The standard InChI is InChI=1S/C12H19ClN2O/c1-3-10(16)6-8-14-9(2)11-5-4-7-15-12(11)13/h4-5,7,9-10,14,16H,3,6,8H2,1-2H3. The average molecular weight is 243 g/mol. The smallest absolute Gasteiger partial charge is 0.133 e. The van der Waals surface area contributed by atoms with E-state index in [4.69, 9.17) is 11.6 Å². The molecule has 1 aromatic heterocycles. The lowest BCUT2D eigenvalue weighted by molar-refractivity contribution is 0.159. The molecule has 1 aromatic rings. The predicted molar refractivity (Wildman–Crippen MR) is 66.6 cm³/mol. The molecule has 4 heteroatoms. The number of nitrogens with one attached hydrogen (secondary N) is 1. The molecule has 0 aliphatic heterocycles. The van der Waals surface area contributed by atoms with Crippen molar-refractivity contribution < 1.29 is 5.11 Å². The van der Waals surface area contributed by atoms with Crippen LogP contribution in [-0.4, -0.2) is 22.7 Å². The summed E-state index contributed by atoms with van der Waals surface area (Å²) >= 11 is 5.99. The molecule has 1 heterocycles. The summed E-state index contributed by atoms with van der Waals surface area (Å²) < 4.78 is 0. The van der Waals surface area contributed by atoms with Crippen molar-refractivity contribution in [2.45, 2.75) is 38.8 Å². The van der Waals surface area contributed by atoms with E-state index in [1.165, 1.54) is 0 Å². The van der Waals surface area contributed by atoms with Crippen LogP contribution in [0.5, 0.6) is 0 Å². The van der Waals surface area contributed by atoms with Crippen molar-refractivity contribution in [1.29, 1.82) is 0 Å². The molecule has 3 nitrogen and oxygen atoms in total. The van der Waals surface area contributed by atoms with Crippen LogP contribution in [0, 0.1) is 0 Å². The van der Waals surface area contributed by atoms with Gasteiger partial charge in [-0.25, -0.2) is 4.98 Å². The summed E-state index contributed by atoms with van der Waals surface area (Å²) in [6, 6.07) is 3.99. The molecule has 0 bridgehead atoms. The number of aliphatic hydroxyl groups is 1. The van der Waals surface area contributed by atoms with Crippen LogP contribution in [0.15, 0.2) is 18.3 Å². The number of nitrogens with zero attached hydrogens (tertiary/aromatic N) is 1. The molecule has 1 rings (SSSR count). The topological polar surface area (TPSA) is 45.1 Å². The number of aliphatic hydroxyl groups excluding tert-OH is 1. The molecule has 2 unspecified atom stereocenters. The highest BCUT2D eigenvalue weighted by Crippen LogP contribution is 2.19. The summed E-state index contributed by atoms with van der Waals surface area (Å²) in [5, 5.41) is 13.3. The summed E-state index contributed by atoms with van der Waals surface area (Å²) in [6.07, 6.45) is 3.02. The second-order valence-corrected chi connectivity index (χ2v) is 4.27. The number of aromatic nitrogens is 1. The maximum absolute atomic E-state index is 9.42. The molecule has 0 fully saturated rings. The van der Waals surface area contributed by atoms with Crippen LogP contribution in [0.1, 0.15) is 38.3 Å². The fourth-order valence-corrected chi connectivity index (χ4v) is 1.79. The lowest BCUT2D eigenvalue weighted by Crippen LogP contribution is -2.23. The van der Waals surface area contributed by atoms with Gasteiger partial charge in [0.2, 0.25) is 0 Å². The molecule has 2 N–H and O–H groups in total. The molecular formula is C12H19ClN2O. The Morgan fingerprint density at radius 3 is 2.94 bits per heavy atom. The number of rotatable bonds is 6. The Balaban J connectivity index is 2.41. The van der Waals surface area contributed by atoms with Crippen LogP contribution in [-0.2, 0) is 0 Å². The molecule has 90 valence electrons. The summed E-state index contributed by atoms with van der Waals surface area (Å²) in [6.45, 7) is 4.80. The summed E-state index contributed by atoms with van der Waals surface area (Å²) in [7, 11) is 0. The number of halogens is 1. The lowest BCUT2D eigenvalue weighted by atomic mass is 10.1. The minimum absolute atomic E-state index is 0.158. The van der Waals surface area contributed by atoms with E-state index in [1.54, 1.807) is 6.20 Å². The van der Waals surface area contributed by atoms with Crippen LogP contribution in [0.3, 0.4) is 0 Å². The predicted octanol–water partition coefficient (Wildman–Crippen LogP) is 2.55. The fourth-order valence-electron chi connectivity index (χ4n) is 1.50. The molecule has 0 saturated heterocycles. The number of hydrogen-bond acceptors (Lipinski definition) is 3. The van der Waals surface area contributed by atoms with Crippen molar-refractivity contribution in [3.05, 3.63) is 29.0 Å². The first-order chi connectivity index (χ1) is 7.65. The van der Waals surface area contributed by atoms with Gasteiger partial charge in [0, 0.05) is 17.8 Å². The van der Waals surface area contributed by atoms with Gasteiger partial charge in [-0.15, -0.1) is 0 Å². The maximum Gasteiger partial charge on any atom is 0.133 e. The Bertz CT molecular complexity index is 320. The van der Waals surface area contributed by atoms with Crippen LogP contribution < -0.4 is 5.32 Å². The summed E-state index contributed by atoms with van der Waals surface area (Å²) in [5.74, 6) is 0. The Morgan fingerprint density at radius 2 is 2.31 bits per heavy atom. The van der Waals surface area contributed by atoms with Crippen molar-refractivity contribution >= 4 is 11.6 Å². The zero-order chi connectivity index (χ0) is 12.0. The highest BCUT2D eigenvalue weighted by Gasteiger charge is 2.09. The van der Waals surface area contributed by atoms with Gasteiger partial charge in [0.25, 0.3) is 0 Å². The molecule has 16 heavy (non-hydrogen) atoms. The van der Waals surface area contributed by atoms with E-state index >= 15 is 0 Å². The van der Waals surface area contributed by atoms with E-state index in [9.17, 15) is 5.11 Å². The first-order valence-corrected chi connectivity index (χ1v) is 6.04. The maximum atomic E-state index is 9.42. The first kappa shape index (κ1) is 13.4. The number of pyridine rings is 1. The third-order valence-corrected chi connectivity index (χ3v) is 2.97. The molecule has 0 aromatic carbocycles. The van der Waals surface area contributed by atoms with E-state index in [0.717, 1.165) is 24.9 Å². The Morgan fingerprint density at radius 1 is 1.56 bits per heavy atom. The second kappa shape index (κ2) is 6.84. The van der Waals surface area contributed by atoms with E-state index in [0.29, 0.717) is 5.15 Å². The number of hydrogen-bond donors (Lipinski definition) is 2. The average Bonchev–Trinajstić information content (AvgIpc) is 2.29. The zero-order valence-corrected chi connectivity index (χ0v) is 10.5. The van der Waals surface area contributed by atoms with Gasteiger partial charge in [-0.05, 0) is 32.4 Å². The lowest BCUT2D eigenvalue weighted by Gasteiger charge is -2.16. The molecule has 0 amide bonds. The monoisotopic (exact) mass is 242 g/mol. The third-order valence-electron chi connectivity index (χ3n) is 2.65. The Kier molecular flexibility index (Phi) is 5.74. The van der Waals surface area contributed by atoms with Crippen LogP contribution in [0.25, 0.3) is 0 Å². The van der Waals surface area contributed by atoms with E-state index in [2.05, 4.69) is 10.3 Å². The van der Waals surface area contributed by atoms with E-state index in [-0.39, 0.29) is 12.1 Å². The Labute approximate surface area is 102 Å². The van der Waals surface area contributed by atoms with Crippen molar-refractivity contribution in [3.63, 3.8) is 0 Å². The quantitative estimate of drug-likeness (QED) is 0.754. The highest BCUT2D eigenvalue weighted by molar-refractivity contribution is 6.30. The molecule has 0 aliphatic rings. The van der Waals surface area contributed by atoms with Crippen molar-refractivity contribution in [2.75, 3.05) is 6.54 Å². The SMILES string of the molecule is CCC(O)CCNC(C)c1cccnc1Cl. The molecule has 2 atom stereocenters. The van der Waals surface area contributed by atoms with E-state index in [1.807, 2.05) is 26.0 Å². The van der Waals surface area contributed by atoms with Gasteiger partial charge < -0.3 is 10.4 Å².